The highest BCUT2D eigenvalue weighted by Crippen LogP contribution is 2.37. The van der Waals surface area contributed by atoms with Crippen LogP contribution in [0.15, 0.2) is 0 Å². The first-order valence-electron chi connectivity index (χ1n) is 2.92. The summed E-state index contributed by atoms with van der Waals surface area (Å²) in [6.07, 6.45) is 2.02. The molecule has 1 rings (SSSR count). The zero-order valence-electron chi connectivity index (χ0n) is 5.02. The lowest BCUT2D eigenvalue weighted by molar-refractivity contribution is -0.0481. The molecule has 0 amide bonds. The van der Waals surface area contributed by atoms with Crippen molar-refractivity contribution in [3.63, 3.8) is 0 Å². The van der Waals surface area contributed by atoms with Crippen LogP contribution >= 0.6 is 22.6 Å². The van der Waals surface area contributed by atoms with Gasteiger partial charge in [0, 0.05) is 4.43 Å². The highest BCUT2D eigenvalue weighted by molar-refractivity contribution is 14.1. The summed E-state index contributed by atoms with van der Waals surface area (Å²) in [5.41, 5.74) is -0.310. The highest BCUT2D eigenvalue weighted by Gasteiger charge is 2.37. The van der Waals surface area contributed by atoms with Crippen LogP contribution in [0.5, 0.6) is 0 Å². The van der Waals surface area contributed by atoms with Crippen LogP contribution in [0.3, 0.4) is 0 Å². The number of alkyl halides is 1. The molecule has 0 saturated heterocycles. The van der Waals surface area contributed by atoms with Gasteiger partial charge in [0.05, 0.1) is 5.60 Å². The Morgan fingerprint density at radius 3 is 2.38 bits per heavy atom. The van der Waals surface area contributed by atoms with Crippen LogP contribution in [0.1, 0.15) is 19.8 Å². The SMILES string of the molecule is C[C@]1(O)C[C@@H](CI)C1. The molecule has 1 nitrogen and oxygen atoms in total. The van der Waals surface area contributed by atoms with Crippen molar-refractivity contribution < 1.29 is 5.11 Å². The molecule has 0 unspecified atom stereocenters. The summed E-state index contributed by atoms with van der Waals surface area (Å²) in [4.78, 5) is 0. The molecule has 0 aromatic rings. The van der Waals surface area contributed by atoms with E-state index in [1.165, 1.54) is 4.43 Å². The van der Waals surface area contributed by atoms with E-state index in [0.717, 1.165) is 18.8 Å². The molecule has 0 atom stereocenters. The summed E-state index contributed by atoms with van der Waals surface area (Å²) in [6.45, 7) is 1.91. The van der Waals surface area contributed by atoms with Crippen LogP contribution in [0.2, 0.25) is 0 Å². The third kappa shape index (κ3) is 1.35. The van der Waals surface area contributed by atoms with E-state index in [2.05, 4.69) is 22.6 Å². The average molecular weight is 226 g/mol. The van der Waals surface area contributed by atoms with Crippen molar-refractivity contribution in [1.82, 2.24) is 0 Å². The summed E-state index contributed by atoms with van der Waals surface area (Å²) in [5, 5.41) is 9.21. The maximum Gasteiger partial charge on any atom is 0.0625 e. The van der Waals surface area contributed by atoms with Gasteiger partial charge in [0.2, 0.25) is 0 Å². The van der Waals surface area contributed by atoms with Gasteiger partial charge in [0.15, 0.2) is 0 Å². The Kier molecular flexibility index (Phi) is 1.82. The normalized spacial score (nSPS) is 46.1. The Balaban J connectivity index is 2.21. The molecule has 1 fully saturated rings. The minimum absolute atomic E-state index is 0.310. The van der Waals surface area contributed by atoms with E-state index in [1.54, 1.807) is 0 Å². The predicted molar refractivity (Wildman–Crippen MR) is 42.2 cm³/mol. The second kappa shape index (κ2) is 2.14. The molecule has 0 bridgehead atoms. The quantitative estimate of drug-likeness (QED) is 0.531. The highest BCUT2D eigenvalue weighted by atomic mass is 127. The Hall–Kier alpha value is 0.690. The Morgan fingerprint density at radius 1 is 1.75 bits per heavy atom. The molecule has 0 radical (unpaired) electrons. The van der Waals surface area contributed by atoms with Crippen molar-refractivity contribution in [3.8, 4) is 0 Å². The first kappa shape index (κ1) is 6.81. The summed E-state index contributed by atoms with van der Waals surface area (Å²) in [7, 11) is 0. The molecule has 1 saturated carbocycles. The van der Waals surface area contributed by atoms with Crippen molar-refractivity contribution in [3.05, 3.63) is 0 Å². The maximum atomic E-state index is 9.21. The average Bonchev–Trinajstić information content (AvgIpc) is 1.60. The molecular weight excluding hydrogens is 215 g/mol. The second-order valence-corrected chi connectivity index (χ2v) is 3.81. The molecule has 8 heavy (non-hydrogen) atoms. The molecule has 0 aromatic heterocycles. The zero-order valence-corrected chi connectivity index (χ0v) is 7.18. The van der Waals surface area contributed by atoms with Crippen LogP contribution in [-0.2, 0) is 0 Å². The van der Waals surface area contributed by atoms with Gasteiger partial charge >= 0.3 is 0 Å². The third-order valence-corrected chi connectivity index (χ3v) is 2.92. The van der Waals surface area contributed by atoms with Crippen LogP contribution < -0.4 is 0 Å². The molecule has 1 aliphatic carbocycles. The number of hydrogen-bond acceptors (Lipinski definition) is 1. The van der Waals surface area contributed by atoms with Gasteiger partial charge in [-0.05, 0) is 25.7 Å². The van der Waals surface area contributed by atoms with Crippen LogP contribution in [0, 0.1) is 5.92 Å². The van der Waals surface area contributed by atoms with Crippen LogP contribution in [-0.4, -0.2) is 15.1 Å². The molecular formula is C6H11IO. The summed E-state index contributed by atoms with van der Waals surface area (Å²) < 4.78 is 1.20. The summed E-state index contributed by atoms with van der Waals surface area (Å²) >= 11 is 2.37. The maximum absolute atomic E-state index is 9.21. The minimum Gasteiger partial charge on any atom is -0.390 e. The largest absolute Gasteiger partial charge is 0.390 e. The van der Waals surface area contributed by atoms with E-state index in [9.17, 15) is 5.11 Å². The van der Waals surface area contributed by atoms with E-state index in [4.69, 9.17) is 0 Å². The monoisotopic (exact) mass is 226 g/mol. The fraction of sp³-hybridized carbons (Fsp3) is 1.00. The molecule has 48 valence electrons. The third-order valence-electron chi connectivity index (χ3n) is 1.68. The van der Waals surface area contributed by atoms with Gasteiger partial charge in [-0.15, -0.1) is 0 Å². The van der Waals surface area contributed by atoms with Gasteiger partial charge in [-0.3, -0.25) is 0 Å². The summed E-state index contributed by atoms with van der Waals surface area (Å²) in [5.74, 6) is 0.797. The number of rotatable bonds is 1. The standard InChI is InChI=1S/C6H11IO/c1-6(8)2-5(3-6)4-7/h5,8H,2-4H2,1H3/t5-,6+. The molecule has 0 aromatic carbocycles. The van der Waals surface area contributed by atoms with Crippen molar-refractivity contribution in [2.75, 3.05) is 4.43 Å². The van der Waals surface area contributed by atoms with Gasteiger partial charge in [0.1, 0.15) is 0 Å². The van der Waals surface area contributed by atoms with Crippen LogP contribution in [0.25, 0.3) is 0 Å². The Bertz CT molecular complexity index is 82.5. The Labute approximate surface area is 63.6 Å². The number of halogens is 1. The smallest absolute Gasteiger partial charge is 0.0625 e. The molecule has 1 N–H and O–H groups in total. The number of aliphatic hydroxyl groups is 1. The first-order chi connectivity index (χ1) is 3.64. The van der Waals surface area contributed by atoms with Crippen molar-refractivity contribution >= 4 is 22.6 Å². The van der Waals surface area contributed by atoms with Crippen LogP contribution in [0.4, 0.5) is 0 Å². The Morgan fingerprint density at radius 2 is 2.25 bits per heavy atom. The van der Waals surface area contributed by atoms with E-state index in [0.29, 0.717) is 0 Å². The lowest BCUT2D eigenvalue weighted by atomic mass is 9.73. The van der Waals surface area contributed by atoms with E-state index in [-0.39, 0.29) is 5.60 Å². The minimum atomic E-state index is -0.310. The molecule has 0 aliphatic heterocycles. The van der Waals surface area contributed by atoms with E-state index >= 15 is 0 Å². The van der Waals surface area contributed by atoms with Gasteiger partial charge in [-0.25, -0.2) is 0 Å². The molecule has 0 spiro atoms. The fourth-order valence-corrected chi connectivity index (χ4v) is 1.92. The van der Waals surface area contributed by atoms with E-state index < -0.39 is 0 Å². The lowest BCUT2D eigenvalue weighted by Gasteiger charge is -2.39. The lowest BCUT2D eigenvalue weighted by Crippen LogP contribution is -2.41. The molecule has 0 heterocycles. The first-order valence-corrected chi connectivity index (χ1v) is 4.45. The fourth-order valence-electron chi connectivity index (χ4n) is 1.29. The molecule has 1 aliphatic rings. The molecule has 2 heteroatoms. The van der Waals surface area contributed by atoms with Gasteiger partial charge < -0.3 is 5.11 Å². The van der Waals surface area contributed by atoms with Gasteiger partial charge in [-0.2, -0.15) is 0 Å². The van der Waals surface area contributed by atoms with Gasteiger partial charge in [-0.1, -0.05) is 22.6 Å². The van der Waals surface area contributed by atoms with E-state index in [1.807, 2.05) is 6.92 Å². The van der Waals surface area contributed by atoms with Crippen molar-refractivity contribution in [1.29, 1.82) is 0 Å². The zero-order chi connectivity index (χ0) is 6.20. The second-order valence-electron chi connectivity index (χ2n) is 2.93. The van der Waals surface area contributed by atoms with Crippen molar-refractivity contribution in [2.45, 2.75) is 25.4 Å². The van der Waals surface area contributed by atoms with Crippen molar-refractivity contribution in [2.24, 2.45) is 5.92 Å². The summed E-state index contributed by atoms with van der Waals surface area (Å²) in [6, 6.07) is 0. The van der Waals surface area contributed by atoms with Gasteiger partial charge in [0.25, 0.3) is 0 Å². The topological polar surface area (TPSA) is 20.2 Å². The number of hydrogen-bond donors (Lipinski definition) is 1. The predicted octanol–water partition coefficient (Wildman–Crippen LogP) is 1.58.